The molecule has 0 unspecified atom stereocenters. The Bertz CT molecular complexity index is 1180. The second-order valence-electron chi connectivity index (χ2n) is 6.08. The minimum Gasteiger partial charge on any atom is -0.478 e. The lowest BCUT2D eigenvalue weighted by molar-refractivity contribution is -0.112. The van der Waals surface area contributed by atoms with Gasteiger partial charge in [0.15, 0.2) is 0 Å². The fourth-order valence-electron chi connectivity index (χ4n) is 2.81. The van der Waals surface area contributed by atoms with E-state index in [4.69, 9.17) is 5.11 Å². The van der Waals surface area contributed by atoms with Gasteiger partial charge >= 0.3 is 12.6 Å². The van der Waals surface area contributed by atoms with E-state index in [2.05, 4.69) is 10.1 Å². The molecule has 0 fully saturated rings. The van der Waals surface area contributed by atoms with Crippen molar-refractivity contribution < 1.29 is 28.2 Å². The summed E-state index contributed by atoms with van der Waals surface area (Å²) in [7, 11) is 0. The van der Waals surface area contributed by atoms with Crippen LogP contribution in [-0.2, 0) is 4.79 Å². The summed E-state index contributed by atoms with van der Waals surface area (Å²) in [5.74, 6) is -2.07. The first-order chi connectivity index (χ1) is 14.4. The average Bonchev–Trinajstić information content (AvgIpc) is 2.72. The molecule has 30 heavy (non-hydrogen) atoms. The van der Waals surface area contributed by atoms with Crippen LogP contribution >= 0.6 is 0 Å². The van der Waals surface area contributed by atoms with E-state index in [-0.39, 0.29) is 28.1 Å². The number of hydrogen-bond acceptors (Lipinski definition) is 4. The van der Waals surface area contributed by atoms with Crippen LogP contribution in [0.4, 0.5) is 14.5 Å². The maximum atomic E-state index is 12.8. The number of hydrogen-bond donors (Lipinski definition) is 2. The summed E-state index contributed by atoms with van der Waals surface area (Å²) >= 11 is 0. The van der Waals surface area contributed by atoms with Gasteiger partial charge in [0, 0.05) is 11.3 Å². The maximum Gasteiger partial charge on any atom is 0.387 e. The number of benzene rings is 3. The average molecular weight is 408 g/mol. The van der Waals surface area contributed by atoms with E-state index in [1.165, 1.54) is 36.4 Å². The summed E-state index contributed by atoms with van der Waals surface area (Å²) in [4.78, 5) is 23.4. The third-order valence-electron chi connectivity index (χ3n) is 4.19. The number of nitrogens with zero attached hydrogens (tertiary/aromatic N) is 1. The van der Waals surface area contributed by atoms with E-state index in [0.717, 1.165) is 0 Å². The number of amides is 1. The number of carboxylic acids is 1. The molecular weight excluding hydrogens is 394 g/mol. The predicted octanol–water partition coefficient (Wildman–Crippen LogP) is 4.69. The number of nitriles is 1. The first-order valence-electron chi connectivity index (χ1n) is 8.62. The summed E-state index contributed by atoms with van der Waals surface area (Å²) in [6.07, 6.45) is 1.18. The van der Waals surface area contributed by atoms with Gasteiger partial charge in [-0.15, -0.1) is 0 Å². The van der Waals surface area contributed by atoms with Gasteiger partial charge in [-0.3, -0.25) is 4.79 Å². The number of nitrogens with one attached hydrogen (secondary N) is 1. The number of carboxylic acid groups (broad SMARTS) is 1. The molecule has 3 aromatic carbocycles. The lowest BCUT2D eigenvalue weighted by Gasteiger charge is -2.12. The Morgan fingerprint density at radius 1 is 1.07 bits per heavy atom. The zero-order chi connectivity index (χ0) is 21.7. The third-order valence-corrected chi connectivity index (χ3v) is 4.19. The second kappa shape index (κ2) is 8.84. The van der Waals surface area contributed by atoms with E-state index in [0.29, 0.717) is 10.8 Å². The number of anilines is 1. The fraction of sp³-hybridized carbons (Fsp3) is 0.0455. The molecule has 0 heterocycles. The van der Waals surface area contributed by atoms with Crippen LogP contribution in [0.3, 0.4) is 0 Å². The molecule has 0 saturated heterocycles. The number of rotatable bonds is 6. The van der Waals surface area contributed by atoms with E-state index < -0.39 is 18.5 Å². The van der Waals surface area contributed by atoms with Crippen molar-refractivity contribution >= 4 is 34.4 Å². The Labute approximate surface area is 169 Å². The van der Waals surface area contributed by atoms with Crippen molar-refractivity contribution in [3.63, 3.8) is 0 Å². The molecule has 3 aromatic rings. The van der Waals surface area contributed by atoms with Crippen LogP contribution in [0, 0.1) is 11.3 Å². The number of fused-ring (bicyclic) bond motifs is 1. The molecule has 0 saturated carbocycles. The van der Waals surface area contributed by atoms with Gasteiger partial charge in [0.2, 0.25) is 0 Å². The summed E-state index contributed by atoms with van der Waals surface area (Å²) in [6.45, 7) is -3.08. The van der Waals surface area contributed by atoms with Crippen molar-refractivity contribution in [1.82, 2.24) is 0 Å². The molecule has 1 amide bonds. The van der Waals surface area contributed by atoms with E-state index in [1.807, 2.05) is 0 Å². The van der Waals surface area contributed by atoms with E-state index >= 15 is 0 Å². The Morgan fingerprint density at radius 3 is 2.40 bits per heavy atom. The minimum atomic E-state index is -3.08. The van der Waals surface area contributed by atoms with Crippen LogP contribution in [0.25, 0.3) is 16.8 Å². The largest absolute Gasteiger partial charge is 0.478 e. The highest BCUT2D eigenvalue weighted by atomic mass is 19.3. The highest BCUT2D eigenvalue weighted by molar-refractivity contribution is 6.11. The minimum absolute atomic E-state index is 0.0357. The van der Waals surface area contributed by atoms with Gasteiger partial charge in [-0.2, -0.15) is 14.0 Å². The van der Waals surface area contributed by atoms with E-state index in [1.54, 1.807) is 36.4 Å². The van der Waals surface area contributed by atoms with Crippen LogP contribution in [0.15, 0.2) is 66.2 Å². The lowest BCUT2D eigenvalue weighted by atomic mass is 10.0. The van der Waals surface area contributed by atoms with Crippen LogP contribution in [0.1, 0.15) is 15.9 Å². The number of ether oxygens (including phenoxy) is 1. The number of aromatic carboxylic acids is 1. The van der Waals surface area contributed by atoms with E-state index in [9.17, 15) is 23.6 Å². The van der Waals surface area contributed by atoms with Gasteiger partial charge in [0.05, 0.1) is 5.56 Å². The van der Waals surface area contributed by atoms with Crippen LogP contribution in [-0.4, -0.2) is 23.6 Å². The third kappa shape index (κ3) is 4.59. The summed E-state index contributed by atoms with van der Waals surface area (Å²) < 4.78 is 30.2. The Balaban J connectivity index is 1.98. The van der Waals surface area contributed by atoms with Gasteiger partial charge in [-0.25, -0.2) is 4.79 Å². The van der Waals surface area contributed by atoms with Crippen molar-refractivity contribution in [3.8, 4) is 11.8 Å². The fourth-order valence-corrected chi connectivity index (χ4v) is 2.81. The van der Waals surface area contributed by atoms with Crippen LogP contribution in [0.2, 0.25) is 0 Å². The monoisotopic (exact) mass is 408 g/mol. The summed E-state index contributed by atoms with van der Waals surface area (Å²) in [5.41, 5.74) is 0.135. The number of halogens is 2. The molecule has 0 spiro atoms. The van der Waals surface area contributed by atoms with Gasteiger partial charge in [-0.1, -0.05) is 30.3 Å². The van der Waals surface area contributed by atoms with Crippen molar-refractivity contribution in [2.24, 2.45) is 0 Å². The predicted molar refractivity (Wildman–Crippen MR) is 106 cm³/mol. The lowest BCUT2D eigenvalue weighted by Crippen LogP contribution is -2.13. The molecule has 3 rings (SSSR count). The Kier molecular flexibility index (Phi) is 6.03. The quantitative estimate of drug-likeness (QED) is 0.456. The van der Waals surface area contributed by atoms with Crippen molar-refractivity contribution in [2.45, 2.75) is 6.61 Å². The molecule has 0 aliphatic carbocycles. The zero-order valence-corrected chi connectivity index (χ0v) is 15.3. The van der Waals surface area contributed by atoms with Crippen LogP contribution in [0.5, 0.6) is 5.75 Å². The Morgan fingerprint density at radius 2 is 1.77 bits per heavy atom. The van der Waals surface area contributed by atoms with Gasteiger partial charge in [0.25, 0.3) is 5.91 Å². The first-order valence-corrected chi connectivity index (χ1v) is 8.62. The Hall–Kier alpha value is -4.25. The molecular formula is C22H14F2N2O4. The number of alkyl halides is 2. The van der Waals surface area contributed by atoms with Gasteiger partial charge < -0.3 is 15.2 Å². The molecule has 2 N–H and O–H groups in total. The summed E-state index contributed by atoms with van der Waals surface area (Å²) in [6, 6.07) is 16.9. The molecule has 0 aliphatic rings. The highest BCUT2D eigenvalue weighted by Gasteiger charge is 2.16. The standard InChI is InChI=1S/C22H14F2N2O4/c23-22(24)30-19-10-7-13-3-1-2-4-17(13)18(19)11-15(12-25)20(27)26-16-8-5-14(6-9-16)21(28)29/h1-11,22H,(H,26,27)(H,28,29)/b15-11+. The molecule has 150 valence electrons. The molecule has 6 nitrogen and oxygen atoms in total. The van der Waals surface area contributed by atoms with Crippen molar-refractivity contribution in [2.75, 3.05) is 5.32 Å². The summed E-state index contributed by atoms with van der Waals surface area (Å²) in [5, 5.41) is 22.1. The molecule has 0 aliphatic heterocycles. The SMILES string of the molecule is N#C/C(=C\c1c(OC(F)F)ccc2ccccc12)C(=O)Nc1ccc(C(=O)O)cc1. The highest BCUT2D eigenvalue weighted by Crippen LogP contribution is 2.31. The molecule has 0 bridgehead atoms. The van der Waals surface area contributed by atoms with Crippen molar-refractivity contribution in [1.29, 1.82) is 5.26 Å². The number of carbonyl (C=O) groups excluding carboxylic acids is 1. The van der Waals surface area contributed by atoms with Crippen LogP contribution < -0.4 is 10.1 Å². The van der Waals surface area contributed by atoms with Gasteiger partial charge in [0.1, 0.15) is 17.4 Å². The normalized spacial score (nSPS) is 11.2. The first kappa shape index (κ1) is 20.5. The molecule has 0 aromatic heterocycles. The molecule has 8 heteroatoms. The second-order valence-corrected chi connectivity index (χ2v) is 6.08. The smallest absolute Gasteiger partial charge is 0.387 e. The zero-order valence-electron chi connectivity index (χ0n) is 15.3. The maximum absolute atomic E-state index is 12.8. The topological polar surface area (TPSA) is 99.4 Å². The van der Waals surface area contributed by atoms with Gasteiger partial charge in [-0.05, 0) is 47.2 Å². The molecule has 0 atom stereocenters. The molecule has 0 radical (unpaired) electrons. The van der Waals surface area contributed by atoms with Crippen molar-refractivity contribution in [3.05, 3.63) is 77.4 Å². The number of carbonyl (C=O) groups is 2.